The summed E-state index contributed by atoms with van der Waals surface area (Å²) in [4.78, 5) is 10.8. The molecular weight excluding hydrogens is 228 g/mol. The van der Waals surface area contributed by atoms with Crippen LogP contribution >= 0.6 is 0 Å². The first-order valence-electron chi connectivity index (χ1n) is 5.09. The topological polar surface area (TPSA) is 69.0 Å². The molecule has 1 aromatic heterocycles. The summed E-state index contributed by atoms with van der Waals surface area (Å²) in [6, 6.07) is -0.0998. The fourth-order valence-electron chi connectivity index (χ4n) is 1.33. The van der Waals surface area contributed by atoms with Crippen LogP contribution in [0.5, 0.6) is 0 Å². The van der Waals surface area contributed by atoms with E-state index in [2.05, 4.69) is 5.10 Å². The van der Waals surface area contributed by atoms with Gasteiger partial charge in [0.25, 0.3) is 0 Å². The van der Waals surface area contributed by atoms with E-state index in [0.29, 0.717) is 6.29 Å². The fraction of sp³-hybridized carbons (Fsp3) is 0.600. The molecule has 0 amide bonds. The summed E-state index contributed by atoms with van der Waals surface area (Å²) >= 11 is 0. The molecule has 0 atom stereocenters. The molecule has 0 unspecified atom stereocenters. The summed E-state index contributed by atoms with van der Waals surface area (Å²) in [5, 5.41) is 3.39. The molecule has 0 aromatic carbocycles. The lowest BCUT2D eigenvalue weighted by molar-refractivity contribution is 0.112. The molecule has 0 N–H and O–H groups in total. The van der Waals surface area contributed by atoms with Crippen molar-refractivity contribution in [3.63, 3.8) is 0 Å². The van der Waals surface area contributed by atoms with Crippen molar-refractivity contribution >= 4 is 16.1 Å². The molecule has 6 heteroatoms. The number of carbonyl (C=O) groups is 1. The smallest absolute Gasteiger partial charge is 0.198 e. The second-order valence-electron chi connectivity index (χ2n) is 4.15. The van der Waals surface area contributed by atoms with E-state index in [0.717, 1.165) is 0 Å². The second-order valence-corrected chi connectivity index (χ2v) is 6.57. The van der Waals surface area contributed by atoms with Crippen LogP contribution in [-0.4, -0.2) is 29.7 Å². The maximum atomic E-state index is 12.1. The molecule has 0 bridgehead atoms. The summed E-state index contributed by atoms with van der Waals surface area (Å²) < 4.78 is 25.5. The van der Waals surface area contributed by atoms with Gasteiger partial charge in [0, 0.05) is 6.04 Å². The zero-order valence-electron chi connectivity index (χ0n) is 9.84. The van der Waals surface area contributed by atoms with Gasteiger partial charge in [-0.05, 0) is 27.7 Å². The van der Waals surface area contributed by atoms with Crippen molar-refractivity contribution in [1.29, 1.82) is 0 Å². The van der Waals surface area contributed by atoms with Crippen molar-refractivity contribution in [3.05, 3.63) is 11.8 Å². The Kier molecular flexibility index (Phi) is 3.52. The molecule has 1 aromatic rings. The minimum Gasteiger partial charge on any atom is -0.298 e. The van der Waals surface area contributed by atoms with Gasteiger partial charge in [0.15, 0.2) is 21.1 Å². The molecule has 0 aliphatic heterocycles. The van der Waals surface area contributed by atoms with Crippen molar-refractivity contribution in [2.75, 3.05) is 0 Å². The molecule has 0 saturated heterocycles. The van der Waals surface area contributed by atoms with Crippen LogP contribution in [0.2, 0.25) is 0 Å². The zero-order chi connectivity index (χ0) is 12.5. The van der Waals surface area contributed by atoms with Crippen LogP contribution in [0.4, 0.5) is 0 Å². The van der Waals surface area contributed by atoms with Crippen LogP contribution in [-0.2, 0) is 9.84 Å². The van der Waals surface area contributed by atoms with Crippen LogP contribution in [0.15, 0.2) is 11.2 Å². The van der Waals surface area contributed by atoms with Crippen LogP contribution in [0.1, 0.15) is 44.1 Å². The Hall–Kier alpha value is -1.17. The summed E-state index contributed by atoms with van der Waals surface area (Å²) in [5.41, 5.74) is 0.127. The Morgan fingerprint density at radius 2 is 1.88 bits per heavy atom. The third-order valence-corrected chi connectivity index (χ3v) is 4.49. The van der Waals surface area contributed by atoms with Crippen LogP contribution in [0, 0.1) is 0 Å². The van der Waals surface area contributed by atoms with E-state index in [-0.39, 0.29) is 16.6 Å². The predicted octanol–water partition coefficient (Wildman–Crippen LogP) is 1.46. The Labute approximate surface area is 95.4 Å². The Balaban J connectivity index is 3.52. The summed E-state index contributed by atoms with van der Waals surface area (Å²) in [6.45, 7) is 6.81. The van der Waals surface area contributed by atoms with E-state index in [1.54, 1.807) is 13.8 Å². The first-order chi connectivity index (χ1) is 7.32. The van der Waals surface area contributed by atoms with E-state index < -0.39 is 15.1 Å². The lowest BCUT2D eigenvalue weighted by atomic mass is 10.4. The molecule has 90 valence electrons. The molecule has 0 radical (unpaired) electrons. The number of aromatic nitrogens is 2. The zero-order valence-corrected chi connectivity index (χ0v) is 10.7. The number of nitrogens with zero attached hydrogens (tertiary/aromatic N) is 2. The normalized spacial score (nSPS) is 12.4. The third kappa shape index (κ3) is 2.02. The number of sulfone groups is 1. The van der Waals surface area contributed by atoms with E-state index in [1.807, 2.05) is 13.8 Å². The van der Waals surface area contributed by atoms with Gasteiger partial charge in [0.2, 0.25) is 0 Å². The van der Waals surface area contributed by atoms with Gasteiger partial charge in [0.1, 0.15) is 0 Å². The molecule has 0 saturated carbocycles. The number of hydrogen-bond acceptors (Lipinski definition) is 4. The van der Waals surface area contributed by atoms with Crippen molar-refractivity contribution < 1.29 is 13.2 Å². The molecule has 1 heterocycles. The highest BCUT2D eigenvalue weighted by Crippen LogP contribution is 2.22. The van der Waals surface area contributed by atoms with E-state index in [1.165, 1.54) is 10.9 Å². The van der Waals surface area contributed by atoms with Gasteiger partial charge < -0.3 is 0 Å². The largest absolute Gasteiger partial charge is 0.298 e. The minimum atomic E-state index is -3.48. The molecular formula is C10H16N2O3S. The molecule has 16 heavy (non-hydrogen) atoms. The highest BCUT2D eigenvalue weighted by molar-refractivity contribution is 7.92. The molecule has 0 spiro atoms. The van der Waals surface area contributed by atoms with Gasteiger partial charge in [0.05, 0.1) is 17.0 Å². The first-order valence-corrected chi connectivity index (χ1v) is 6.63. The molecule has 0 aliphatic carbocycles. The van der Waals surface area contributed by atoms with Crippen LogP contribution in [0.25, 0.3) is 0 Å². The predicted molar refractivity (Wildman–Crippen MR) is 60.3 cm³/mol. The van der Waals surface area contributed by atoms with E-state index in [9.17, 15) is 13.2 Å². The highest BCUT2D eigenvalue weighted by Gasteiger charge is 2.28. The van der Waals surface area contributed by atoms with Gasteiger partial charge >= 0.3 is 0 Å². The van der Waals surface area contributed by atoms with Gasteiger partial charge in [-0.3, -0.25) is 9.48 Å². The molecule has 0 aliphatic rings. The lowest BCUT2D eigenvalue weighted by Gasteiger charge is -2.13. The summed E-state index contributed by atoms with van der Waals surface area (Å²) in [6.07, 6.45) is 1.82. The minimum absolute atomic E-state index is 0.0208. The average Bonchev–Trinajstić information content (AvgIpc) is 2.60. The van der Waals surface area contributed by atoms with Crippen LogP contribution in [0.3, 0.4) is 0 Å². The Morgan fingerprint density at radius 3 is 2.25 bits per heavy atom. The fourth-order valence-corrected chi connectivity index (χ4v) is 2.73. The first kappa shape index (κ1) is 12.9. The average molecular weight is 244 g/mol. The second kappa shape index (κ2) is 4.37. The van der Waals surface area contributed by atoms with Crippen molar-refractivity contribution in [1.82, 2.24) is 9.78 Å². The molecule has 1 rings (SSSR count). The summed E-state index contributed by atoms with van der Waals surface area (Å²) in [5.74, 6) is 0. The SMILES string of the molecule is CC(C)n1ncc(C=O)c1S(=O)(=O)C(C)C. The molecule has 5 nitrogen and oxygen atoms in total. The monoisotopic (exact) mass is 244 g/mol. The Morgan fingerprint density at radius 1 is 1.31 bits per heavy atom. The third-order valence-electron chi connectivity index (χ3n) is 2.28. The van der Waals surface area contributed by atoms with Gasteiger partial charge in [-0.15, -0.1) is 0 Å². The van der Waals surface area contributed by atoms with Gasteiger partial charge in [-0.1, -0.05) is 0 Å². The van der Waals surface area contributed by atoms with Gasteiger partial charge in [-0.25, -0.2) is 8.42 Å². The highest BCUT2D eigenvalue weighted by atomic mass is 32.2. The lowest BCUT2D eigenvalue weighted by Crippen LogP contribution is -2.21. The standard InChI is InChI=1S/C10H16N2O3S/c1-7(2)12-10(9(6-13)5-11-12)16(14,15)8(3)4/h5-8H,1-4H3. The summed E-state index contributed by atoms with van der Waals surface area (Å²) in [7, 11) is -3.48. The van der Waals surface area contributed by atoms with E-state index in [4.69, 9.17) is 0 Å². The van der Waals surface area contributed by atoms with Crippen molar-refractivity contribution in [3.8, 4) is 0 Å². The van der Waals surface area contributed by atoms with Crippen molar-refractivity contribution in [2.45, 2.75) is 44.0 Å². The number of aldehydes is 1. The van der Waals surface area contributed by atoms with Crippen LogP contribution < -0.4 is 0 Å². The maximum Gasteiger partial charge on any atom is 0.198 e. The number of carbonyl (C=O) groups excluding carboxylic acids is 1. The maximum absolute atomic E-state index is 12.1. The Bertz CT molecular complexity index is 486. The quantitative estimate of drug-likeness (QED) is 0.752. The number of hydrogen-bond donors (Lipinski definition) is 0. The van der Waals surface area contributed by atoms with E-state index >= 15 is 0 Å². The molecule has 0 fully saturated rings. The van der Waals surface area contributed by atoms with Gasteiger partial charge in [-0.2, -0.15) is 5.10 Å². The van der Waals surface area contributed by atoms with Crippen molar-refractivity contribution in [2.24, 2.45) is 0 Å². The number of rotatable bonds is 4.